The Morgan fingerprint density at radius 1 is 1.22 bits per heavy atom. The number of rotatable bonds is 2. The Bertz CT molecular complexity index is 467. The minimum atomic E-state index is -0.488. The lowest BCUT2D eigenvalue weighted by molar-refractivity contribution is -0.137. The SMILES string of the molecule is C[C@@H]1CN(C(=O)[C@@H]2CC=CCC2)CC[C@H]1NC(=O)OC(C)(C)C. The lowest BCUT2D eigenvalue weighted by Gasteiger charge is -2.39. The maximum atomic E-state index is 12.6. The lowest BCUT2D eigenvalue weighted by Crippen LogP contribution is -2.53. The highest BCUT2D eigenvalue weighted by molar-refractivity contribution is 5.79. The van der Waals surface area contributed by atoms with Crippen LogP contribution in [0.3, 0.4) is 0 Å². The monoisotopic (exact) mass is 322 g/mol. The van der Waals surface area contributed by atoms with Gasteiger partial charge < -0.3 is 15.0 Å². The van der Waals surface area contributed by atoms with Gasteiger partial charge in [0, 0.05) is 25.0 Å². The van der Waals surface area contributed by atoms with Crippen molar-refractivity contribution in [3.63, 3.8) is 0 Å². The number of allylic oxidation sites excluding steroid dienone is 2. The maximum absolute atomic E-state index is 12.6. The van der Waals surface area contributed by atoms with E-state index >= 15 is 0 Å². The molecule has 0 aromatic carbocycles. The smallest absolute Gasteiger partial charge is 0.407 e. The number of piperidine rings is 1. The van der Waals surface area contributed by atoms with Crippen LogP contribution in [0.15, 0.2) is 12.2 Å². The molecule has 0 unspecified atom stereocenters. The number of ether oxygens (including phenoxy) is 1. The summed E-state index contributed by atoms with van der Waals surface area (Å²) < 4.78 is 5.32. The predicted octanol–water partition coefficient (Wildman–Crippen LogP) is 3.10. The third-order valence-corrected chi connectivity index (χ3v) is 4.54. The van der Waals surface area contributed by atoms with Crippen molar-refractivity contribution in [2.45, 2.75) is 65.0 Å². The molecule has 2 rings (SSSR count). The molecule has 3 atom stereocenters. The third-order valence-electron chi connectivity index (χ3n) is 4.54. The van der Waals surface area contributed by atoms with E-state index in [0.717, 1.165) is 25.7 Å². The average molecular weight is 322 g/mol. The molecule has 1 fully saturated rings. The molecule has 0 radical (unpaired) electrons. The summed E-state index contributed by atoms with van der Waals surface area (Å²) in [6.45, 7) is 9.08. The number of alkyl carbamates (subject to hydrolysis) is 1. The van der Waals surface area contributed by atoms with E-state index in [1.54, 1.807) is 0 Å². The molecule has 0 aromatic rings. The summed E-state index contributed by atoms with van der Waals surface area (Å²) >= 11 is 0. The third kappa shape index (κ3) is 5.26. The zero-order chi connectivity index (χ0) is 17.0. The Labute approximate surface area is 139 Å². The molecule has 0 bridgehead atoms. The number of hydrogen-bond acceptors (Lipinski definition) is 3. The summed E-state index contributed by atoms with van der Waals surface area (Å²) in [6, 6.07) is 0.0696. The summed E-state index contributed by atoms with van der Waals surface area (Å²) in [5.41, 5.74) is -0.488. The fourth-order valence-electron chi connectivity index (χ4n) is 3.30. The minimum Gasteiger partial charge on any atom is -0.444 e. The van der Waals surface area contributed by atoms with Crippen molar-refractivity contribution in [1.29, 1.82) is 0 Å². The number of hydrogen-bond donors (Lipinski definition) is 1. The van der Waals surface area contributed by atoms with Gasteiger partial charge in [0.25, 0.3) is 0 Å². The first kappa shape index (κ1) is 17.8. The summed E-state index contributed by atoms with van der Waals surface area (Å²) in [5, 5.41) is 2.95. The molecule has 5 nitrogen and oxygen atoms in total. The first-order valence-corrected chi connectivity index (χ1v) is 8.69. The van der Waals surface area contributed by atoms with E-state index in [1.165, 1.54) is 0 Å². The van der Waals surface area contributed by atoms with Crippen LogP contribution >= 0.6 is 0 Å². The highest BCUT2D eigenvalue weighted by Crippen LogP contribution is 2.24. The molecule has 0 saturated carbocycles. The molecule has 1 saturated heterocycles. The van der Waals surface area contributed by atoms with Gasteiger partial charge in [0.2, 0.25) is 5.91 Å². The molecule has 23 heavy (non-hydrogen) atoms. The van der Waals surface area contributed by atoms with Crippen molar-refractivity contribution in [3.05, 3.63) is 12.2 Å². The van der Waals surface area contributed by atoms with Gasteiger partial charge >= 0.3 is 6.09 Å². The second-order valence-corrected chi connectivity index (χ2v) is 7.78. The lowest BCUT2D eigenvalue weighted by atomic mass is 9.89. The molecule has 1 heterocycles. The Hall–Kier alpha value is -1.52. The van der Waals surface area contributed by atoms with Gasteiger partial charge in [-0.05, 0) is 52.4 Å². The largest absolute Gasteiger partial charge is 0.444 e. The van der Waals surface area contributed by atoms with Gasteiger partial charge in [0.1, 0.15) is 5.60 Å². The van der Waals surface area contributed by atoms with Crippen LogP contribution in [0, 0.1) is 11.8 Å². The molecule has 1 aliphatic heterocycles. The van der Waals surface area contributed by atoms with Crippen molar-refractivity contribution >= 4 is 12.0 Å². The van der Waals surface area contributed by atoms with Crippen molar-refractivity contribution < 1.29 is 14.3 Å². The molecule has 130 valence electrons. The van der Waals surface area contributed by atoms with Crippen LogP contribution in [-0.4, -0.2) is 41.6 Å². The zero-order valence-corrected chi connectivity index (χ0v) is 14.8. The number of amides is 2. The van der Waals surface area contributed by atoms with Gasteiger partial charge in [-0.1, -0.05) is 19.1 Å². The quantitative estimate of drug-likeness (QED) is 0.795. The molecule has 2 aliphatic rings. The van der Waals surface area contributed by atoms with E-state index in [2.05, 4.69) is 24.4 Å². The minimum absolute atomic E-state index is 0.0696. The van der Waals surface area contributed by atoms with Gasteiger partial charge in [0.05, 0.1) is 0 Å². The summed E-state index contributed by atoms with van der Waals surface area (Å²) in [4.78, 5) is 26.5. The number of carbonyl (C=O) groups excluding carboxylic acids is 2. The van der Waals surface area contributed by atoms with Crippen LogP contribution in [0.25, 0.3) is 0 Å². The Balaban J connectivity index is 1.83. The van der Waals surface area contributed by atoms with Gasteiger partial charge in [-0.15, -0.1) is 0 Å². The zero-order valence-electron chi connectivity index (χ0n) is 14.8. The maximum Gasteiger partial charge on any atom is 0.407 e. The summed E-state index contributed by atoms with van der Waals surface area (Å²) in [5.74, 6) is 0.652. The number of carbonyl (C=O) groups is 2. The summed E-state index contributed by atoms with van der Waals surface area (Å²) in [7, 11) is 0. The van der Waals surface area contributed by atoms with E-state index in [9.17, 15) is 9.59 Å². The fourth-order valence-corrected chi connectivity index (χ4v) is 3.30. The topological polar surface area (TPSA) is 58.6 Å². The normalized spacial score (nSPS) is 28.3. The van der Waals surface area contributed by atoms with Crippen LogP contribution in [0.2, 0.25) is 0 Å². The summed E-state index contributed by atoms with van der Waals surface area (Å²) in [6.07, 6.45) is 7.52. The van der Waals surface area contributed by atoms with Gasteiger partial charge in [0.15, 0.2) is 0 Å². The number of likely N-dealkylation sites (tertiary alicyclic amines) is 1. The van der Waals surface area contributed by atoms with Gasteiger partial charge in [-0.3, -0.25) is 4.79 Å². The van der Waals surface area contributed by atoms with Crippen LogP contribution < -0.4 is 5.32 Å². The van der Waals surface area contributed by atoms with Gasteiger partial charge in [-0.25, -0.2) is 4.79 Å². The first-order chi connectivity index (χ1) is 10.8. The van der Waals surface area contributed by atoms with Crippen molar-refractivity contribution in [2.75, 3.05) is 13.1 Å². The standard InChI is InChI=1S/C18H30N2O3/c1-13-12-20(16(21)14-8-6-5-7-9-14)11-10-15(13)19-17(22)23-18(2,3)4/h5-6,13-15H,7-12H2,1-4H3,(H,19,22)/t13-,14-,15-/m1/s1. The Morgan fingerprint density at radius 2 is 1.96 bits per heavy atom. The van der Waals surface area contributed by atoms with Crippen LogP contribution in [-0.2, 0) is 9.53 Å². The van der Waals surface area contributed by atoms with Crippen molar-refractivity contribution in [1.82, 2.24) is 10.2 Å². The molecular formula is C18H30N2O3. The molecule has 1 N–H and O–H groups in total. The van der Waals surface area contributed by atoms with Crippen molar-refractivity contribution in [2.24, 2.45) is 11.8 Å². The average Bonchev–Trinajstić information content (AvgIpc) is 2.47. The van der Waals surface area contributed by atoms with E-state index in [1.807, 2.05) is 25.7 Å². The van der Waals surface area contributed by atoms with Crippen molar-refractivity contribution in [3.8, 4) is 0 Å². The van der Waals surface area contributed by atoms with Crippen LogP contribution in [0.4, 0.5) is 4.79 Å². The number of nitrogens with zero attached hydrogens (tertiary/aromatic N) is 1. The Kier molecular flexibility index (Phi) is 5.71. The molecular weight excluding hydrogens is 292 g/mol. The van der Waals surface area contributed by atoms with E-state index < -0.39 is 5.60 Å². The second kappa shape index (κ2) is 7.37. The van der Waals surface area contributed by atoms with E-state index in [0.29, 0.717) is 13.1 Å². The van der Waals surface area contributed by atoms with Crippen LogP contribution in [0.1, 0.15) is 53.4 Å². The number of nitrogens with one attached hydrogen (secondary N) is 1. The Morgan fingerprint density at radius 3 is 2.52 bits per heavy atom. The molecule has 2 amide bonds. The van der Waals surface area contributed by atoms with Crippen LogP contribution in [0.5, 0.6) is 0 Å². The molecule has 1 aliphatic carbocycles. The highest BCUT2D eigenvalue weighted by Gasteiger charge is 2.33. The van der Waals surface area contributed by atoms with E-state index in [4.69, 9.17) is 4.74 Å². The molecule has 0 spiro atoms. The highest BCUT2D eigenvalue weighted by atomic mass is 16.6. The van der Waals surface area contributed by atoms with E-state index in [-0.39, 0.29) is 29.9 Å². The second-order valence-electron chi connectivity index (χ2n) is 7.78. The van der Waals surface area contributed by atoms with Gasteiger partial charge in [-0.2, -0.15) is 0 Å². The molecule has 5 heteroatoms. The molecule has 0 aromatic heterocycles. The fraction of sp³-hybridized carbons (Fsp3) is 0.778. The first-order valence-electron chi connectivity index (χ1n) is 8.69. The predicted molar refractivity (Wildman–Crippen MR) is 90.0 cm³/mol.